The van der Waals surface area contributed by atoms with Gasteiger partial charge >= 0.3 is 11.9 Å². The summed E-state index contributed by atoms with van der Waals surface area (Å²) in [7, 11) is 2.74. The number of ether oxygens (including phenoxy) is 6. The molecule has 4 N–H and O–H groups in total. The van der Waals surface area contributed by atoms with E-state index in [2.05, 4.69) is 57.6 Å². The average Bonchev–Trinajstić information content (AvgIpc) is 3.95. The highest BCUT2D eigenvalue weighted by atomic mass is 35.5. The number of fused-ring (bicyclic) bond motifs is 4. The molecular weight excluding hydrogens is 850 g/mol. The van der Waals surface area contributed by atoms with Gasteiger partial charge in [-0.15, -0.1) is 0 Å². The zero-order valence-corrected chi connectivity index (χ0v) is 38.7. The minimum atomic E-state index is -0.490. The molecule has 2 aromatic heterocycles. The van der Waals surface area contributed by atoms with Gasteiger partial charge in [0.25, 0.3) is 0 Å². The minimum Gasteiger partial charge on any atom is -0.465 e. The van der Waals surface area contributed by atoms with Crippen LogP contribution < -0.4 is 24.7 Å². The number of nitrogens with one attached hydrogen (secondary N) is 2. The number of aromatic nitrogens is 2. The second-order valence-corrected chi connectivity index (χ2v) is 19.5. The van der Waals surface area contributed by atoms with Gasteiger partial charge in [0.15, 0.2) is 23.0 Å². The molecule has 0 spiro atoms. The number of esters is 2. The van der Waals surface area contributed by atoms with Crippen LogP contribution in [0.15, 0.2) is 72.8 Å². The third-order valence-corrected chi connectivity index (χ3v) is 13.0. The number of nitrogen functional groups attached to an aromatic ring is 1. The number of Topliss-reactive ketones (excluding diaryl/α,β-unsaturated/α-hetero) is 1. The van der Waals surface area contributed by atoms with Gasteiger partial charge in [0.2, 0.25) is 18.8 Å². The SMILES string of the molecule is COC(=O)c1cc(CC(=O)C2(c3ccc4c(c3)OCO4)CC2)cc2cc(C(C)(C)C)[nH]c12.COC(=O)c1cc(N)cc2cc(C(C)(C)C)[nH]c12.O=C(Cl)C1(c2ccc3c(c2)OCO3)CC1. The molecule has 6 aromatic rings. The number of hydrogen-bond acceptors (Lipinski definition) is 11. The lowest BCUT2D eigenvalue weighted by Crippen LogP contribution is -2.22. The number of nitrogens with two attached hydrogens (primary N) is 1. The van der Waals surface area contributed by atoms with E-state index in [1.54, 1.807) is 12.1 Å². The molecular formula is C51H54ClN3O10. The summed E-state index contributed by atoms with van der Waals surface area (Å²) in [5, 5.41) is 1.57. The molecule has 10 rings (SSSR count). The smallest absolute Gasteiger partial charge is 0.340 e. The molecule has 0 atom stereocenters. The second kappa shape index (κ2) is 16.8. The van der Waals surface area contributed by atoms with E-state index in [0.717, 1.165) is 81.3 Å². The molecule has 2 saturated carbocycles. The van der Waals surface area contributed by atoms with Gasteiger partial charge in [-0.3, -0.25) is 9.59 Å². The van der Waals surface area contributed by atoms with E-state index < -0.39 is 16.8 Å². The lowest BCUT2D eigenvalue weighted by molar-refractivity contribution is -0.120. The maximum absolute atomic E-state index is 13.5. The molecule has 4 aliphatic rings. The number of aromatic amines is 2. The topological polar surface area (TPSA) is 181 Å². The van der Waals surface area contributed by atoms with Crippen LogP contribution in [0.1, 0.15) is 116 Å². The zero-order chi connectivity index (χ0) is 46.6. The Morgan fingerprint density at radius 3 is 1.51 bits per heavy atom. The van der Waals surface area contributed by atoms with Crippen molar-refractivity contribution < 1.29 is 47.6 Å². The quantitative estimate of drug-likeness (QED) is 0.0751. The Morgan fingerprint density at radius 2 is 1.06 bits per heavy atom. The molecule has 4 heterocycles. The summed E-state index contributed by atoms with van der Waals surface area (Å²) in [6.45, 7) is 13.1. The van der Waals surface area contributed by atoms with E-state index in [-0.39, 0.29) is 47.8 Å². The van der Waals surface area contributed by atoms with E-state index in [4.69, 9.17) is 45.8 Å². The number of carbonyl (C=O) groups is 4. The highest BCUT2D eigenvalue weighted by molar-refractivity contribution is 6.66. The summed E-state index contributed by atoms with van der Waals surface area (Å²) in [6.07, 6.45) is 3.54. The predicted molar refractivity (Wildman–Crippen MR) is 248 cm³/mol. The molecule has 0 saturated heterocycles. The van der Waals surface area contributed by atoms with E-state index in [1.165, 1.54) is 14.2 Å². The van der Waals surface area contributed by atoms with Crippen LogP contribution in [0.25, 0.3) is 21.8 Å². The van der Waals surface area contributed by atoms with Gasteiger partial charge in [0.05, 0.1) is 47.2 Å². The van der Waals surface area contributed by atoms with Gasteiger partial charge in [-0.1, -0.05) is 53.7 Å². The van der Waals surface area contributed by atoms with E-state index >= 15 is 0 Å². The van der Waals surface area contributed by atoms with Gasteiger partial charge in [0, 0.05) is 45.1 Å². The first-order valence-electron chi connectivity index (χ1n) is 21.6. The molecule has 0 unspecified atom stereocenters. The van der Waals surface area contributed by atoms with Crippen LogP contribution in [-0.2, 0) is 47.1 Å². The predicted octanol–water partition coefficient (Wildman–Crippen LogP) is 9.87. The molecule has 2 aliphatic carbocycles. The first kappa shape index (κ1) is 45.1. The van der Waals surface area contributed by atoms with E-state index in [9.17, 15) is 19.2 Å². The summed E-state index contributed by atoms with van der Waals surface area (Å²) in [5.74, 6) is 2.20. The highest BCUT2D eigenvalue weighted by Crippen LogP contribution is 2.53. The number of ketones is 1. The highest BCUT2D eigenvalue weighted by Gasteiger charge is 2.52. The zero-order valence-electron chi connectivity index (χ0n) is 37.9. The summed E-state index contributed by atoms with van der Waals surface area (Å²) < 4.78 is 31.2. The molecule has 0 radical (unpaired) electrons. The Labute approximate surface area is 382 Å². The van der Waals surface area contributed by atoms with Crippen LogP contribution in [0.4, 0.5) is 5.69 Å². The van der Waals surface area contributed by atoms with Crippen molar-refractivity contribution in [2.24, 2.45) is 0 Å². The summed E-state index contributed by atoms with van der Waals surface area (Å²) in [4.78, 5) is 55.7. The van der Waals surface area contributed by atoms with Crippen molar-refractivity contribution in [3.05, 3.63) is 112 Å². The fraction of sp³-hybridized carbons (Fsp3) is 0.373. The summed E-state index contributed by atoms with van der Waals surface area (Å²) in [6, 6.07) is 22.7. The van der Waals surface area contributed by atoms with Crippen LogP contribution in [0, 0.1) is 0 Å². The maximum Gasteiger partial charge on any atom is 0.340 e. The number of rotatable bonds is 8. The van der Waals surface area contributed by atoms with Gasteiger partial charge in [-0.05, 0) is 115 Å². The molecule has 65 heavy (non-hydrogen) atoms. The molecule has 2 fully saturated rings. The van der Waals surface area contributed by atoms with Crippen LogP contribution in [0.2, 0.25) is 0 Å². The lowest BCUT2D eigenvalue weighted by Gasteiger charge is -2.16. The van der Waals surface area contributed by atoms with Crippen molar-refractivity contribution in [2.45, 2.75) is 95.3 Å². The fourth-order valence-corrected chi connectivity index (χ4v) is 8.64. The Balaban J connectivity index is 0.000000147. The third-order valence-electron chi connectivity index (χ3n) is 12.6. The Morgan fingerprint density at radius 1 is 0.615 bits per heavy atom. The van der Waals surface area contributed by atoms with Crippen molar-refractivity contribution in [3.63, 3.8) is 0 Å². The first-order chi connectivity index (χ1) is 30.8. The molecule has 0 bridgehead atoms. The van der Waals surface area contributed by atoms with Crippen molar-refractivity contribution in [1.29, 1.82) is 0 Å². The second-order valence-electron chi connectivity index (χ2n) is 19.2. The van der Waals surface area contributed by atoms with Crippen molar-refractivity contribution in [3.8, 4) is 23.0 Å². The number of anilines is 1. The van der Waals surface area contributed by atoms with Gasteiger partial charge in [0.1, 0.15) is 5.78 Å². The van der Waals surface area contributed by atoms with Gasteiger partial charge in [-0.2, -0.15) is 0 Å². The molecule has 340 valence electrons. The molecule has 14 heteroatoms. The lowest BCUT2D eigenvalue weighted by atomic mass is 9.87. The van der Waals surface area contributed by atoms with Gasteiger partial charge in [-0.25, -0.2) is 9.59 Å². The molecule has 4 aromatic carbocycles. The maximum atomic E-state index is 13.5. The van der Waals surface area contributed by atoms with Crippen LogP contribution in [0.5, 0.6) is 23.0 Å². The summed E-state index contributed by atoms with van der Waals surface area (Å²) in [5.41, 5.74) is 12.6. The van der Waals surface area contributed by atoms with Gasteiger partial charge < -0.3 is 44.1 Å². The largest absolute Gasteiger partial charge is 0.465 e. The first-order valence-corrected chi connectivity index (χ1v) is 21.9. The number of H-pyrrole nitrogens is 2. The third kappa shape index (κ3) is 8.86. The normalized spacial score (nSPS) is 15.9. The number of methoxy groups -OCH3 is 2. The van der Waals surface area contributed by atoms with Crippen molar-refractivity contribution in [1.82, 2.24) is 9.97 Å². The average molecular weight is 904 g/mol. The number of carbonyl (C=O) groups excluding carboxylic acids is 4. The van der Waals surface area contributed by atoms with E-state index in [1.807, 2.05) is 54.6 Å². The van der Waals surface area contributed by atoms with Crippen molar-refractivity contribution in [2.75, 3.05) is 33.5 Å². The fourth-order valence-electron chi connectivity index (χ4n) is 8.35. The molecule has 2 aliphatic heterocycles. The van der Waals surface area contributed by atoms with Crippen LogP contribution in [0.3, 0.4) is 0 Å². The monoisotopic (exact) mass is 903 g/mol. The van der Waals surface area contributed by atoms with E-state index in [0.29, 0.717) is 34.1 Å². The minimum absolute atomic E-state index is 0.0127. The number of benzene rings is 4. The van der Waals surface area contributed by atoms with Crippen LogP contribution in [-0.4, -0.2) is 60.7 Å². The molecule has 0 amide bonds. The van der Waals surface area contributed by atoms with Crippen LogP contribution >= 0.6 is 11.6 Å². The Hall–Kier alpha value is -6.47. The molecule has 13 nitrogen and oxygen atoms in total. The Bertz CT molecular complexity index is 2870. The standard InChI is InChI=1S/C26H27NO5.C14H18N2O2.C11H9ClO3/c1-25(2,3)21-12-16-9-15(10-18(23(16)27-21)24(29)30-4)11-22(28)26(7-8-26)17-5-6-19-20(13-17)32-14-31-19;1-14(2,3)11-6-8-5-9(15)7-10(12(8)16-11)13(17)18-4;12-10(13)11(3-4-11)7-1-2-8-9(5-7)15-6-14-8/h5-6,9-10,12-13,27H,7-8,11,14H2,1-4H3;5-7,16H,15H2,1-4H3;1-2,5H,3-4,6H2. The Kier molecular flexibility index (Phi) is 11.7. The number of hydrogen-bond donors (Lipinski definition) is 3. The van der Waals surface area contributed by atoms with Crippen molar-refractivity contribution >= 4 is 62.1 Å². The summed E-state index contributed by atoms with van der Waals surface area (Å²) >= 11 is 5.61. The number of halogens is 1.